The standard InChI is InChI=1S/C5H10O3/c1-3-4(8-2)5(6)7/h4H,3H2,1-2H3,(H,6,7)/t4-/m1/s1. The summed E-state index contributed by atoms with van der Waals surface area (Å²) in [5.41, 5.74) is 0. The molecule has 0 amide bonds. The fourth-order valence-electron chi connectivity index (χ4n) is 0.442. The largest absolute Gasteiger partial charge is 0.479 e. The van der Waals surface area contributed by atoms with E-state index in [-0.39, 0.29) is 0 Å². The van der Waals surface area contributed by atoms with E-state index < -0.39 is 12.1 Å². The second-order valence-electron chi connectivity index (χ2n) is 1.47. The van der Waals surface area contributed by atoms with Crippen molar-refractivity contribution in [2.24, 2.45) is 0 Å². The van der Waals surface area contributed by atoms with Gasteiger partial charge in [0.25, 0.3) is 0 Å². The van der Waals surface area contributed by atoms with Crippen molar-refractivity contribution < 1.29 is 14.6 Å². The van der Waals surface area contributed by atoms with E-state index in [4.69, 9.17) is 5.11 Å². The summed E-state index contributed by atoms with van der Waals surface area (Å²) >= 11 is 0. The number of methoxy groups -OCH3 is 1. The van der Waals surface area contributed by atoms with Gasteiger partial charge in [0.2, 0.25) is 0 Å². The SMILES string of the molecule is CC[C@@H](OC)C(=O)O. The average molecular weight is 118 g/mol. The molecule has 48 valence electrons. The number of carbonyl (C=O) groups is 1. The summed E-state index contributed by atoms with van der Waals surface area (Å²) in [6.07, 6.45) is -0.110. The second-order valence-corrected chi connectivity index (χ2v) is 1.47. The van der Waals surface area contributed by atoms with Crippen LogP contribution >= 0.6 is 0 Å². The second kappa shape index (κ2) is 3.43. The van der Waals surface area contributed by atoms with E-state index in [1.807, 2.05) is 0 Å². The molecule has 0 aromatic heterocycles. The normalized spacial score (nSPS) is 13.2. The molecule has 0 rings (SSSR count). The summed E-state index contributed by atoms with van der Waals surface area (Å²) in [6, 6.07) is 0. The molecule has 0 fully saturated rings. The Hall–Kier alpha value is -0.570. The van der Waals surface area contributed by atoms with E-state index >= 15 is 0 Å². The Morgan fingerprint density at radius 3 is 2.38 bits per heavy atom. The molecule has 1 N–H and O–H groups in total. The van der Waals surface area contributed by atoms with Gasteiger partial charge >= 0.3 is 5.97 Å². The van der Waals surface area contributed by atoms with Crippen molar-refractivity contribution in [2.75, 3.05) is 7.11 Å². The third-order valence-corrected chi connectivity index (χ3v) is 0.931. The van der Waals surface area contributed by atoms with E-state index in [2.05, 4.69) is 4.74 Å². The number of carboxylic acid groups (broad SMARTS) is 1. The lowest BCUT2D eigenvalue weighted by Crippen LogP contribution is -2.20. The maximum atomic E-state index is 10.0. The zero-order valence-electron chi connectivity index (χ0n) is 5.05. The molecule has 1 atom stereocenters. The minimum Gasteiger partial charge on any atom is -0.479 e. The Labute approximate surface area is 48.3 Å². The molecule has 0 aliphatic heterocycles. The highest BCUT2D eigenvalue weighted by Gasteiger charge is 2.11. The van der Waals surface area contributed by atoms with E-state index in [1.165, 1.54) is 7.11 Å². The van der Waals surface area contributed by atoms with Gasteiger partial charge in [-0.2, -0.15) is 0 Å². The van der Waals surface area contributed by atoms with Crippen LogP contribution in [-0.4, -0.2) is 24.3 Å². The van der Waals surface area contributed by atoms with Crippen molar-refractivity contribution in [3.05, 3.63) is 0 Å². The molecule has 0 saturated carbocycles. The molecular formula is C5H10O3. The quantitative estimate of drug-likeness (QED) is 0.586. The van der Waals surface area contributed by atoms with Crippen LogP contribution in [0.5, 0.6) is 0 Å². The van der Waals surface area contributed by atoms with E-state index in [9.17, 15) is 4.79 Å². The number of ether oxygens (including phenoxy) is 1. The smallest absolute Gasteiger partial charge is 0.332 e. The van der Waals surface area contributed by atoms with Crippen molar-refractivity contribution in [1.82, 2.24) is 0 Å². The highest BCUT2D eigenvalue weighted by atomic mass is 16.5. The third kappa shape index (κ3) is 1.93. The summed E-state index contributed by atoms with van der Waals surface area (Å²) in [6.45, 7) is 1.77. The van der Waals surface area contributed by atoms with Crippen molar-refractivity contribution >= 4 is 5.97 Å². The first-order valence-corrected chi connectivity index (χ1v) is 2.48. The average Bonchev–Trinajstić information content (AvgIpc) is 1.69. The fourth-order valence-corrected chi connectivity index (χ4v) is 0.442. The molecule has 0 bridgehead atoms. The van der Waals surface area contributed by atoms with Crippen LogP contribution in [0, 0.1) is 0 Å². The summed E-state index contributed by atoms with van der Waals surface area (Å²) in [5, 5.41) is 8.25. The van der Waals surface area contributed by atoms with Crippen LogP contribution in [0.15, 0.2) is 0 Å². The van der Waals surface area contributed by atoms with Gasteiger partial charge in [-0.3, -0.25) is 0 Å². The zero-order chi connectivity index (χ0) is 6.57. The molecule has 8 heavy (non-hydrogen) atoms. The number of carboxylic acids is 1. The Balaban J connectivity index is 3.52. The summed E-state index contributed by atoms with van der Waals surface area (Å²) < 4.78 is 4.56. The first-order valence-electron chi connectivity index (χ1n) is 2.48. The molecule has 0 heterocycles. The minimum atomic E-state index is -0.894. The topological polar surface area (TPSA) is 46.5 Å². The summed E-state index contributed by atoms with van der Waals surface area (Å²) in [4.78, 5) is 10.0. The number of hydrogen-bond acceptors (Lipinski definition) is 2. The van der Waals surface area contributed by atoms with Crippen molar-refractivity contribution in [3.8, 4) is 0 Å². The predicted octanol–water partition coefficient (Wildman–Crippen LogP) is 0.496. The van der Waals surface area contributed by atoms with Crippen LogP contribution < -0.4 is 0 Å². The molecule has 3 heteroatoms. The van der Waals surface area contributed by atoms with E-state index in [1.54, 1.807) is 6.92 Å². The molecular weight excluding hydrogens is 108 g/mol. The number of hydrogen-bond donors (Lipinski definition) is 1. The molecule has 0 saturated heterocycles. The zero-order valence-corrected chi connectivity index (χ0v) is 5.05. The van der Waals surface area contributed by atoms with E-state index in [0.29, 0.717) is 6.42 Å². The van der Waals surface area contributed by atoms with Crippen LogP contribution in [0.2, 0.25) is 0 Å². The molecule has 0 aliphatic carbocycles. The summed E-state index contributed by atoms with van der Waals surface area (Å²) in [5.74, 6) is -0.894. The Kier molecular flexibility index (Phi) is 3.19. The Morgan fingerprint density at radius 2 is 2.38 bits per heavy atom. The van der Waals surface area contributed by atoms with Gasteiger partial charge in [-0.25, -0.2) is 4.79 Å². The maximum absolute atomic E-state index is 10.0. The first kappa shape index (κ1) is 7.43. The third-order valence-electron chi connectivity index (χ3n) is 0.931. The van der Waals surface area contributed by atoms with Gasteiger partial charge in [-0.1, -0.05) is 6.92 Å². The van der Waals surface area contributed by atoms with Crippen LogP contribution in [0.1, 0.15) is 13.3 Å². The van der Waals surface area contributed by atoms with Gasteiger partial charge in [0, 0.05) is 7.11 Å². The molecule has 0 aliphatic rings. The minimum absolute atomic E-state index is 0.520. The molecule has 0 aromatic carbocycles. The lowest BCUT2D eigenvalue weighted by Gasteiger charge is -2.04. The van der Waals surface area contributed by atoms with Crippen LogP contribution in [-0.2, 0) is 9.53 Å². The lowest BCUT2D eigenvalue weighted by molar-refractivity contribution is -0.148. The highest BCUT2D eigenvalue weighted by Crippen LogP contribution is 1.93. The lowest BCUT2D eigenvalue weighted by atomic mass is 10.3. The van der Waals surface area contributed by atoms with Crippen LogP contribution in [0.25, 0.3) is 0 Å². The van der Waals surface area contributed by atoms with Gasteiger partial charge < -0.3 is 9.84 Å². The Bertz CT molecular complexity index is 75.7. The highest BCUT2D eigenvalue weighted by molar-refractivity contribution is 5.72. The Morgan fingerprint density at radius 1 is 1.88 bits per heavy atom. The molecule has 3 nitrogen and oxygen atoms in total. The van der Waals surface area contributed by atoms with Gasteiger partial charge in [-0.15, -0.1) is 0 Å². The molecule has 0 radical (unpaired) electrons. The fraction of sp³-hybridized carbons (Fsp3) is 0.800. The van der Waals surface area contributed by atoms with Crippen LogP contribution in [0.4, 0.5) is 0 Å². The van der Waals surface area contributed by atoms with Gasteiger partial charge in [0.1, 0.15) is 0 Å². The van der Waals surface area contributed by atoms with E-state index in [0.717, 1.165) is 0 Å². The van der Waals surface area contributed by atoms with Gasteiger partial charge in [-0.05, 0) is 6.42 Å². The predicted molar refractivity (Wildman–Crippen MR) is 28.7 cm³/mol. The molecule has 0 aromatic rings. The van der Waals surface area contributed by atoms with Gasteiger partial charge in [0.05, 0.1) is 0 Å². The first-order chi connectivity index (χ1) is 3.72. The van der Waals surface area contributed by atoms with Crippen molar-refractivity contribution in [1.29, 1.82) is 0 Å². The molecule has 0 unspecified atom stereocenters. The molecule has 0 spiro atoms. The maximum Gasteiger partial charge on any atom is 0.332 e. The number of aliphatic carboxylic acids is 1. The van der Waals surface area contributed by atoms with Gasteiger partial charge in [0.15, 0.2) is 6.10 Å². The number of rotatable bonds is 3. The van der Waals surface area contributed by atoms with Crippen molar-refractivity contribution in [2.45, 2.75) is 19.4 Å². The monoisotopic (exact) mass is 118 g/mol. The van der Waals surface area contributed by atoms with Crippen molar-refractivity contribution in [3.63, 3.8) is 0 Å². The summed E-state index contributed by atoms with van der Waals surface area (Å²) in [7, 11) is 1.39. The van der Waals surface area contributed by atoms with Crippen LogP contribution in [0.3, 0.4) is 0 Å².